The van der Waals surface area contributed by atoms with E-state index in [9.17, 15) is 9.59 Å². The van der Waals surface area contributed by atoms with Crippen molar-refractivity contribution in [2.24, 2.45) is 11.8 Å². The van der Waals surface area contributed by atoms with Crippen LogP contribution < -0.4 is 10.6 Å². The molecule has 0 spiro atoms. The Bertz CT molecular complexity index is 303. The number of carboxylic acids is 1. The lowest BCUT2D eigenvalue weighted by molar-refractivity contribution is -0.140. The molecule has 0 fully saturated rings. The molecular weight excluding hydrogens is 256 g/mol. The number of aliphatic carboxylic acids is 1. The number of rotatable bonds is 10. The average molecular weight is 286 g/mol. The number of amides is 1. The molecule has 1 amide bonds. The molecular formula is C15H30N2O3. The number of carboxylic acid groups (broad SMARTS) is 1. The summed E-state index contributed by atoms with van der Waals surface area (Å²) in [6, 6.07) is -0.344. The van der Waals surface area contributed by atoms with Crippen LogP contribution in [0.15, 0.2) is 0 Å². The highest BCUT2D eigenvalue weighted by Gasteiger charge is 2.18. The largest absolute Gasteiger partial charge is 0.480 e. The van der Waals surface area contributed by atoms with Crippen LogP contribution >= 0.6 is 0 Å². The molecule has 0 radical (unpaired) electrons. The number of nitrogens with one attached hydrogen (secondary N) is 2. The van der Waals surface area contributed by atoms with E-state index in [-0.39, 0.29) is 17.9 Å². The van der Waals surface area contributed by atoms with Gasteiger partial charge in [0.2, 0.25) is 5.91 Å². The standard InChI is InChI=1S/C15H30N2O3/c1-10(2)12(5)14(18)16-9-7-6-8-13(15(19)20)17-11(3)4/h10-13,17H,6-9H2,1-5H3,(H,16,18)(H,19,20)/t12-,13-/m0/s1. The third-order valence-electron chi connectivity index (χ3n) is 3.46. The van der Waals surface area contributed by atoms with Gasteiger partial charge in [-0.25, -0.2) is 0 Å². The Morgan fingerprint density at radius 2 is 1.65 bits per heavy atom. The van der Waals surface area contributed by atoms with Crippen molar-refractivity contribution in [2.75, 3.05) is 6.54 Å². The Hall–Kier alpha value is -1.10. The number of hydrogen-bond acceptors (Lipinski definition) is 3. The predicted octanol–water partition coefficient (Wildman–Crippen LogP) is 2.02. The molecule has 118 valence electrons. The smallest absolute Gasteiger partial charge is 0.320 e. The number of unbranched alkanes of at least 4 members (excludes halogenated alkanes) is 1. The number of carbonyl (C=O) groups excluding carboxylic acids is 1. The lowest BCUT2D eigenvalue weighted by Crippen LogP contribution is -2.40. The van der Waals surface area contributed by atoms with Crippen LogP contribution in [0.4, 0.5) is 0 Å². The summed E-state index contributed by atoms with van der Waals surface area (Å²) >= 11 is 0. The van der Waals surface area contributed by atoms with Gasteiger partial charge in [0.1, 0.15) is 6.04 Å². The molecule has 2 atom stereocenters. The topological polar surface area (TPSA) is 78.4 Å². The zero-order valence-electron chi connectivity index (χ0n) is 13.4. The molecule has 0 saturated heterocycles. The summed E-state index contributed by atoms with van der Waals surface area (Å²) in [6.07, 6.45) is 2.18. The van der Waals surface area contributed by atoms with E-state index in [0.717, 1.165) is 12.8 Å². The van der Waals surface area contributed by atoms with Crippen LogP contribution in [0.2, 0.25) is 0 Å². The first-order chi connectivity index (χ1) is 9.25. The molecule has 3 N–H and O–H groups in total. The second kappa shape index (κ2) is 9.75. The van der Waals surface area contributed by atoms with E-state index in [4.69, 9.17) is 5.11 Å². The molecule has 0 aromatic heterocycles. The molecule has 0 heterocycles. The van der Waals surface area contributed by atoms with Gasteiger partial charge in [0.25, 0.3) is 0 Å². The predicted molar refractivity (Wildman–Crippen MR) is 80.6 cm³/mol. The maximum Gasteiger partial charge on any atom is 0.320 e. The van der Waals surface area contributed by atoms with E-state index in [2.05, 4.69) is 10.6 Å². The van der Waals surface area contributed by atoms with Crippen LogP contribution in [0, 0.1) is 11.8 Å². The van der Waals surface area contributed by atoms with Crippen molar-refractivity contribution >= 4 is 11.9 Å². The highest BCUT2D eigenvalue weighted by atomic mass is 16.4. The Balaban J connectivity index is 3.84. The van der Waals surface area contributed by atoms with Crippen molar-refractivity contribution in [3.63, 3.8) is 0 Å². The van der Waals surface area contributed by atoms with Gasteiger partial charge in [-0.3, -0.25) is 9.59 Å². The summed E-state index contributed by atoms with van der Waals surface area (Å²) in [5, 5.41) is 15.0. The first-order valence-electron chi connectivity index (χ1n) is 7.52. The normalized spacial score (nSPS) is 14.3. The van der Waals surface area contributed by atoms with Crippen molar-refractivity contribution in [1.82, 2.24) is 10.6 Å². The Morgan fingerprint density at radius 3 is 2.10 bits per heavy atom. The third kappa shape index (κ3) is 8.15. The SMILES string of the molecule is CC(C)N[C@@H](CCCCNC(=O)[C@@H](C)C(C)C)C(=O)O. The molecule has 0 aliphatic carbocycles. The van der Waals surface area contributed by atoms with Gasteiger partial charge in [0.05, 0.1) is 0 Å². The summed E-state index contributed by atoms with van der Waals surface area (Å²) in [5.74, 6) is -0.378. The van der Waals surface area contributed by atoms with Gasteiger partial charge in [0.15, 0.2) is 0 Å². The van der Waals surface area contributed by atoms with Crippen LogP contribution in [-0.2, 0) is 9.59 Å². The highest BCUT2D eigenvalue weighted by molar-refractivity contribution is 5.78. The van der Waals surface area contributed by atoms with Crippen LogP contribution in [0.1, 0.15) is 53.9 Å². The van der Waals surface area contributed by atoms with Crippen LogP contribution in [0.5, 0.6) is 0 Å². The van der Waals surface area contributed by atoms with E-state index >= 15 is 0 Å². The summed E-state index contributed by atoms with van der Waals surface area (Å²) < 4.78 is 0. The molecule has 0 aromatic carbocycles. The minimum Gasteiger partial charge on any atom is -0.480 e. The Kier molecular flexibility index (Phi) is 9.21. The van der Waals surface area contributed by atoms with Gasteiger partial charge < -0.3 is 15.7 Å². The van der Waals surface area contributed by atoms with Gasteiger partial charge in [-0.15, -0.1) is 0 Å². The number of carbonyl (C=O) groups is 2. The second-order valence-corrected chi connectivity index (χ2v) is 6.03. The summed E-state index contributed by atoms with van der Waals surface area (Å²) in [4.78, 5) is 22.8. The first kappa shape index (κ1) is 18.9. The lowest BCUT2D eigenvalue weighted by Gasteiger charge is -2.17. The maximum absolute atomic E-state index is 11.7. The zero-order chi connectivity index (χ0) is 15.7. The van der Waals surface area contributed by atoms with Crippen molar-refractivity contribution in [2.45, 2.75) is 66.0 Å². The molecule has 0 aliphatic heterocycles. The second-order valence-electron chi connectivity index (χ2n) is 6.03. The summed E-state index contributed by atoms with van der Waals surface area (Å²) in [7, 11) is 0. The Labute approximate surface area is 122 Å². The molecule has 20 heavy (non-hydrogen) atoms. The molecule has 0 bridgehead atoms. The molecule has 0 unspecified atom stereocenters. The highest BCUT2D eigenvalue weighted by Crippen LogP contribution is 2.09. The van der Waals surface area contributed by atoms with E-state index in [0.29, 0.717) is 18.9 Å². The fraction of sp³-hybridized carbons (Fsp3) is 0.867. The van der Waals surface area contributed by atoms with E-state index in [1.54, 1.807) is 0 Å². The van der Waals surface area contributed by atoms with Gasteiger partial charge in [0, 0.05) is 18.5 Å². The molecule has 5 nitrogen and oxygen atoms in total. The number of hydrogen-bond donors (Lipinski definition) is 3. The van der Waals surface area contributed by atoms with Crippen molar-refractivity contribution in [1.29, 1.82) is 0 Å². The fourth-order valence-corrected chi connectivity index (χ4v) is 1.83. The average Bonchev–Trinajstić information content (AvgIpc) is 2.34. The monoisotopic (exact) mass is 286 g/mol. The van der Waals surface area contributed by atoms with Crippen LogP contribution in [0.25, 0.3) is 0 Å². The Morgan fingerprint density at radius 1 is 1.05 bits per heavy atom. The first-order valence-corrected chi connectivity index (χ1v) is 7.52. The molecule has 0 aliphatic rings. The molecule has 0 aromatic rings. The summed E-state index contributed by atoms with van der Waals surface area (Å²) in [5.41, 5.74) is 0. The quantitative estimate of drug-likeness (QED) is 0.537. The van der Waals surface area contributed by atoms with E-state index < -0.39 is 12.0 Å². The molecule has 5 heteroatoms. The van der Waals surface area contributed by atoms with Gasteiger partial charge in [-0.2, -0.15) is 0 Å². The summed E-state index contributed by atoms with van der Waals surface area (Å²) in [6.45, 7) is 10.5. The van der Waals surface area contributed by atoms with Gasteiger partial charge >= 0.3 is 5.97 Å². The third-order valence-corrected chi connectivity index (χ3v) is 3.46. The van der Waals surface area contributed by atoms with Crippen LogP contribution in [-0.4, -0.2) is 35.6 Å². The fourth-order valence-electron chi connectivity index (χ4n) is 1.83. The molecule has 0 rings (SSSR count). The van der Waals surface area contributed by atoms with E-state index in [1.165, 1.54) is 0 Å². The van der Waals surface area contributed by atoms with Crippen molar-refractivity contribution in [3.05, 3.63) is 0 Å². The maximum atomic E-state index is 11.7. The van der Waals surface area contributed by atoms with Gasteiger partial charge in [-0.1, -0.05) is 34.6 Å². The molecule has 0 saturated carbocycles. The van der Waals surface area contributed by atoms with Gasteiger partial charge in [-0.05, 0) is 25.2 Å². The van der Waals surface area contributed by atoms with Crippen molar-refractivity contribution < 1.29 is 14.7 Å². The minimum atomic E-state index is -0.809. The zero-order valence-corrected chi connectivity index (χ0v) is 13.4. The van der Waals surface area contributed by atoms with Crippen LogP contribution in [0.3, 0.4) is 0 Å². The minimum absolute atomic E-state index is 0.0179. The van der Waals surface area contributed by atoms with E-state index in [1.807, 2.05) is 34.6 Å². The lowest BCUT2D eigenvalue weighted by atomic mass is 9.97. The van der Waals surface area contributed by atoms with Crippen molar-refractivity contribution in [3.8, 4) is 0 Å².